The Balaban J connectivity index is 1.47. The van der Waals surface area contributed by atoms with E-state index in [4.69, 9.17) is 0 Å². The Hall–Kier alpha value is -4.12. The first kappa shape index (κ1) is 24.0. The maximum absolute atomic E-state index is 13.1. The second-order valence-corrected chi connectivity index (χ2v) is 8.57. The summed E-state index contributed by atoms with van der Waals surface area (Å²) >= 11 is 0. The van der Waals surface area contributed by atoms with Crippen LogP contribution in [0.3, 0.4) is 0 Å². The number of benzene rings is 3. The summed E-state index contributed by atoms with van der Waals surface area (Å²) in [5.74, 6) is -1.06. The van der Waals surface area contributed by atoms with Crippen molar-refractivity contribution in [3.8, 4) is 0 Å². The average Bonchev–Trinajstić information content (AvgIpc) is 2.90. The molecule has 0 aliphatic heterocycles. The number of ketones is 3. The van der Waals surface area contributed by atoms with E-state index in [0.29, 0.717) is 23.2 Å². The number of carbonyl (C=O) groups excluding carboxylic acids is 4. The molecule has 0 radical (unpaired) electrons. The molecule has 0 bridgehead atoms. The van der Waals surface area contributed by atoms with Gasteiger partial charge in [-0.1, -0.05) is 86.9 Å². The van der Waals surface area contributed by atoms with Crippen molar-refractivity contribution in [3.05, 3.63) is 112 Å². The van der Waals surface area contributed by atoms with E-state index < -0.39 is 0 Å². The van der Waals surface area contributed by atoms with Crippen LogP contribution in [0.25, 0.3) is 6.08 Å². The summed E-state index contributed by atoms with van der Waals surface area (Å²) in [6.07, 6.45) is 7.41. The highest BCUT2D eigenvalue weighted by atomic mass is 16.2. The largest absolute Gasteiger partial charge is 0.352 e. The highest BCUT2D eigenvalue weighted by molar-refractivity contribution is 6.31. The zero-order valence-corrected chi connectivity index (χ0v) is 19.7. The van der Waals surface area contributed by atoms with Gasteiger partial charge in [-0.15, -0.1) is 0 Å². The maximum Gasteiger partial charge on any atom is 0.251 e. The minimum atomic E-state index is -0.365. The van der Waals surface area contributed by atoms with Crippen molar-refractivity contribution in [2.24, 2.45) is 0 Å². The first-order chi connectivity index (χ1) is 17.0. The van der Waals surface area contributed by atoms with Gasteiger partial charge in [0.1, 0.15) is 0 Å². The molecular weight excluding hydrogens is 438 g/mol. The van der Waals surface area contributed by atoms with Crippen molar-refractivity contribution in [1.82, 2.24) is 5.32 Å². The summed E-state index contributed by atoms with van der Waals surface area (Å²) in [5, 5.41) is 2.92. The van der Waals surface area contributed by atoms with Gasteiger partial charge in [0.25, 0.3) is 5.91 Å². The first-order valence-corrected chi connectivity index (χ1v) is 11.9. The molecule has 1 amide bonds. The normalized spacial score (nSPS) is 12.4. The summed E-state index contributed by atoms with van der Waals surface area (Å²) in [4.78, 5) is 51.3. The number of rotatable bonds is 9. The molecule has 5 heteroatoms. The van der Waals surface area contributed by atoms with Crippen LogP contribution in [-0.2, 0) is 0 Å². The molecule has 0 spiro atoms. The van der Waals surface area contributed by atoms with E-state index in [2.05, 4.69) is 12.2 Å². The van der Waals surface area contributed by atoms with Gasteiger partial charge in [-0.25, -0.2) is 0 Å². The smallest absolute Gasteiger partial charge is 0.251 e. The molecule has 1 aliphatic carbocycles. The highest BCUT2D eigenvalue weighted by Crippen LogP contribution is 2.30. The molecule has 0 atom stereocenters. The Labute approximate surface area is 204 Å². The third kappa shape index (κ3) is 5.19. The molecule has 0 aromatic heterocycles. The summed E-state index contributed by atoms with van der Waals surface area (Å²) in [7, 11) is 0. The van der Waals surface area contributed by atoms with E-state index >= 15 is 0 Å². The lowest BCUT2D eigenvalue weighted by Gasteiger charge is -2.19. The van der Waals surface area contributed by atoms with Crippen molar-refractivity contribution >= 4 is 29.3 Å². The lowest BCUT2D eigenvalue weighted by Crippen LogP contribution is -2.24. The molecule has 0 heterocycles. The zero-order valence-electron chi connectivity index (χ0n) is 19.7. The van der Waals surface area contributed by atoms with E-state index in [9.17, 15) is 19.2 Å². The third-order valence-corrected chi connectivity index (χ3v) is 6.13. The third-order valence-electron chi connectivity index (χ3n) is 6.13. The first-order valence-electron chi connectivity index (χ1n) is 11.9. The van der Waals surface area contributed by atoms with Gasteiger partial charge in [0.05, 0.1) is 0 Å². The molecular formula is C30H27NO4. The van der Waals surface area contributed by atoms with Gasteiger partial charge in [0.2, 0.25) is 0 Å². The molecule has 5 nitrogen and oxygen atoms in total. The quantitative estimate of drug-likeness (QED) is 0.196. The SMILES string of the molecule is CCCCCCNC(=O)c1ccc(/C=C/C(=O)c2cccc3c2C(=O)c2ccccc2C3=O)cc1. The highest BCUT2D eigenvalue weighted by Gasteiger charge is 2.32. The molecule has 0 saturated carbocycles. The van der Waals surface area contributed by atoms with Crippen molar-refractivity contribution in [2.75, 3.05) is 6.54 Å². The Morgan fingerprint density at radius 1 is 0.771 bits per heavy atom. The van der Waals surface area contributed by atoms with Gasteiger partial charge >= 0.3 is 0 Å². The second kappa shape index (κ2) is 10.9. The van der Waals surface area contributed by atoms with Gasteiger partial charge in [-0.3, -0.25) is 19.2 Å². The fraction of sp³-hybridized carbons (Fsp3) is 0.200. The van der Waals surface area contributed by atoms with Gasteiger partial charge in [0, 0.05) is 39.9 Å². The molecule has 1 N–H and O–H groups in total. The molecule has 4 rings (SSSR count). The monoisotopic (exact) mass is 465 g/mol. The number of hydrogen-bond acceptors (Lipinski definition) is 4. The number of unbranched alkanes of at least 4 members (excludes halogenated alkanes) is 3. The Morgan fingerprint density at radius 2 is 1.46 bits per heavy atom. The van der Waals surface area contributed by atoms with E-state index in [1.807, 2.05) is 0 Å². The van der Waals surface area contributed by atoms with E-state index in [1.165, 1.54) is 12.5 Å². The van der Waals surface area contributed by atoms with E-state index in [-0.39, 0.29) is 39.9 Å². The summed E-state index contributed by atoms with van der Waals surface area (Å²) < 4.78 is 0. The number of amides is 1. The molecule has 0 fully saturated rings. The Morgan fingerprint density at radius 3 is 2.17 bits per heavy atom. The lowest BCUT2D eigenvalue weighted by atomic mass is 9.81. The van der Waals surface area contributed by atoms with Crippen molar-refractivity contribution < 1.29 is 19.2 Å². The van der Waals surface area contributed by atoms with Crippen LogP contribution in [0.15, 0.2) is 72.8 Å². The standard InChI is InChI=1S/C30H27NO4/c1-2-3-4-7-19-31-30(35)21-16-13-20(14-17-21)15-18-26(32)24-11-8-12-25-27(24)29(34)23-10-6-5-9-22(23)28(25)33/h5-6,8-18H,2-4,7,19H2,1H3,(H,31,35)/b18-15+. The van der Waals surface area contributed by atoms with Gasteiger partial charge < -0.3 is 5.32 Å². The van der Waals surface area contributed by atoms with Crippen LogP contribution >= 0.6 is 0 Å². The zero-order chi connectivity index (χ0) is 24.8. The summed E-state index contributed by atoms with van der Waals surface area (Å²) in [5.41, 5.74) is 2.57. The maximum atomic E-state index is 13.1. The van der Waals surface area contributed by atoms with Gasteiger partial charge in [-0.05, 0) is 30.2 Å². The topological polar surface area (TPSA) is 80.3 Å². The number of hydrogen-bond donors (Lipinski definition) is 1. The summed E-state index contributed by atoms with van der Waals surface area (Å²) in [6.45, 7) is 2.80. The molecule has 176 valence electrons. The molecule has 0 saturated heterocycles. The van der Waals surface area contributed by atoms with Crippen molar-refractivity contribution in [3.63, 3.8) is 0 Å². The van der Waals surface area contributed by atoms with Crippen molar-refractivity contribution in [1.29, 1.82) is 0 Å². The van der Waals surface area contributed by atoms with Crippen LogP contribution in [0.4, 0.5) is 0 Å². The van der Waals surface area contributed by atoms with Gasteiger partial charge in [-0.2, -0.15) is 0 Å². The molecule has 3 aromatic carbocycles. The van der Waals surface area contributed by atoms with Crippen LogP contribution in [0, 0.1) is 0 Å². The lowest BCUT2D eigenvalue weighted by molar-refractivity contribution is 0.0951. The van der Waals surface area contributed by atoms with Crippen LogP contribution in [0.1, 0.15) is 90.7 Å². The fourth-order valence-electron chi connectivity index (χ4n) is 4.21. The van der Waals surface area contributed by atoms with Crippen LogP contribution in [0.5, 0.6) is 0 Å². The van der Waals surface area contributed by atoms with E-state index in [1.54, 1.807) is 72.8 Å². The van der Waals surface area contributed by atoms with E-state index in [0.717, 1.165) is 24.8 Å². The predicted octanol–water partition coefficient (Wildman–Crippen LogP) is 5.67. The average molecular weight is 466 g/mol. The van der Waals surface area contributed by atoms with Crippen LogP contribution in [-0.4, -0.2) is 29.8 Å². The van der Waals surface area contributed by atoms with Crippen molar-refractivity contribution in [2.45, 2.75) is 32.6 Å². The Bertz CT molecular complexity index is 1320. The minimum absolute atomic E-state index is 0.118. The number of fused-ring (bicyclic) bond motifs is 2. The Kier molecular flexibility index (Phi) is 7.46. The number of nitrogens with one attached hydrogen (secondary N) is 1. The molecule has 1 aliphatic rings. The predicted molar refractivity (Wildman–Crippen MR) is 136 cm³/mol. The molecule has 0 unspecified atom stereocenters. The fourth-order valence-corrected chi connectivity index (χ4v) is 4.21. The number of allylic oxidation sites excluding steroid dienone is 1. The van der Waals surface area contributed by atoms with Gasteiger partial charge in [0.15, 0.2) is 17.3 Å². The second-order valence-electron chi connectivity index (χ2n) is 8.57. The summed E-state index contributed by atoms with van der Waals surface area (Å²) in [6, 6.07) is 18.4. The number of carbonyl (C=O) groups is 4. The van der Waals surface area contributed by atoms with Crippen LogP contribution < -0.4 is 5.32 Å². The van der Waals surface area contributed by atoms with Crippen LogP contribution in [0.2, 0.25) is 0 Å². The molecule has 35 heavy (non-hydrogen) atoms. The molecule has 3 aromatic rings. The minimum Gasteiger partial charge on any atom is -0.352 e.